The van der Waals surface area contributed by atoms with E-state index in [0.29, 0.717) is 3.83 Å². The smallest absolute Gasteiger partial charge is 0.216 e. The second-order valence-corrected chi connectivity index (χ2v) is 7.00. The lowest BCUT2D eigenvalue weighted by Crippen LogP contribution is -2.39. The quantitative estimate of drug-likeness (QED) is 0.329. The van der Waals surface area contributed by atoms with Crippen LogP contribution < -0.4 is 0 Å². The van der Waals surface area contributed by atoms with E-state index in [1.54, 1.807) is 4.68 Å². The summed E-state index contributed by atoms with van der Waals surface area (Å²) in [6, 6.07) is 32.6. The number of rotatable bonds is 4. The zero-order valence-corrected chi connectivity index (χ0v) is 16.5. The maximum absolute atomic E-state index is 9.76. The first-order chi connectivity index (χ1) is 13.3. The lowest BCUT2D eigenvalue weighted by Gasteiger charge is -2.36. The molecule has 0 spiro atoms. The molecule has 0 bridgehead atoms. The first-order valence-corrected chi connectivity index (χ1v) is 9.54. The molecule has 0 unspecified atom stereocenters. The zero-order chi connectivity index (χ0) is 18.7. The number of hydrogen-bond acceptors (Lipinski definition) is 3. The van der Waals surface area contributed by atoms with Crippen molar-refractivity contribution in [2.24, 2.45) is 0 Å². The fraction of sp³-hybridized carbons (Fsp3) is 0.0455. The molecule has 0 aliphatic rings. The molecule has 0 aliphatic carbocycles. The molecule has 27 heavy (non-hydrogen) atoms. The van der Waals surface area contributed by atoms with Gasteiger partial charge in [0.2, 0.25) is 9.66 Å². The van der Waals surface area contributed by atoms with E-state index in [0.717, 1.165) is 16.7 Å². The third-order valence-corrected chi connectivity index (χ3v) is 5.03. The molecule has 0 atom stereocenters. The average molecular weight is 462 g/mol. The van der Waals surface area contributed by atoms with Crippen LogP contribution in [0.5, 0.6) is 0 Å². The summed E-state index contributed by atoms with van der Waals surface area (Å²) in [6.45, 7) is 0. The van der Waals surface area contributed by atoms with Crippen molar-refractivity contribution in [3.63, 3.8) is 0 Å². The lowest BCUT2D eigenvalue weighted by atomic mass is 9.77. The Morgan fingerprint density at radius 3 is 1.52 bits per heavy atom. The minimum Gasteiger partial charge on any atom is -0.216 e. The Morgan fingerprint density at radius 2 is 1.15 bits per heavy atom. The molecule has 130 valence electrons. The molecule has 4 rings (SSSR count). The standard InChI is InChI=1S/C22H15IN4/c23-21-25-20(16-24)27(26-21)22(17-10-4-1-5-11-17,18-12-6-2-7-13-18)19-14-8-3-9-15-19/h1-15H. The van der Waals surface area contributed by atoms with Gasteiger partial charge in [-0.25, -0.2) is 4.68 Å². The van der Waals surface area contributed by atoms with Gasteiger partial charge in [-0.2, -0.15) is 10.2 Å². The van der Waals surface area contributed by atoms with Crippen LogP contribution in [-0.2, 0) is 5.54 Å². The van der Waals surface area contributed by atoms with Crippen LogP contribution in [0.25, 0.3) is 0 Å². The predicted octanol–water partition coefficient (Wildman–Crippen LogP) is 4.59. The number of aromatic nitrogens is 3. The van der Waals surface area contributed by atoms with Gasteiger partial charge < -0.3 is 0 Å². The van der Waals surface area contributed by atoms with Crippen LogP contribution in [-0.4, -0.2) is 14.8 Å². The molecule has 1 heterocycles. The van der Waals surface area contributed by atoms with Crippen molar-refractivity contribution in [2.45, 2.75) is 5.54 Å². The third-order valence-electron chi connectivity index (χ3n) is 4.57. The van der Waals surface area contributed by atoms with Crippen LogP contribution in [0.2, 0.25) is 0 Å². The fourth-order valence-electron chi connectivity index (χ4n) is 3.50. The van der Waals surface area contributed by atoms with Crippen molar-refractivity contribution in [3.05, 3.63) is 117 Å². The molecular formula is C22H15IN4. The fourth-order valence-corrected chi connectivity index (χ4v) is 3.94. The summed E-state index contributed by atoms with van der Waals surface area (Å²) in [5, 5.41) is 14.4. The van der Waals surface area contributed by atoms with Crippen molar-refractivity contribution in [3.8, 4) is 6.07 Å². The lowest BCUT2D eigenvalue weighted by molar-refractivity contribution is 0.452. The van der Waals surface area contributed by atoms with Crippen molar-refractivity contribution in [1.29, 1.82) is 5.26 Å². The van der Waals surface area contributed by atoms with Crippen molar-refractivity contribution >= 4 is 22.6 Å². The molecule has 3 aromatic carbocycles. The van der Waals surface area contributed by atoms with Crippen molar-refractivity contribution in [1.82, 2.24) is 14.8 Å². The summed E-state index contributed by atoms with van der Waals surface area (Å²) >= 11 is 2.05. The highest BCUT2D eigenvalue weighted by molar-refractivity contribution is 14.1. The molecule has 0 amide bonds. The van der Waals surface area contributed by atoms with Gasteiger partial charge >= 0.3 is 0 Å². The van der Waals surface area contributed by atoms with E-state index < -0.39 is 5.54 Å². The van der Waals surface area contributed by atoms with Gasteiger partial charge in [-0.05, 0) is 16.7 Å². The highest BCUT2D eigenvalue weighted by atomic mass is 127. The summed E-state index contributed by atoms with van der Waals surface area (Å²) in [5.41, 5.74) is 2.24. The minimum absolute atomic E-state index is 0.274. The van der Waals surface area contributed by atoms with E-state index in [1.807, 2.05) is 54.6 Å². The normalized spacial score (nSPS) is 11.1. The molecule has 0 N–H and O–H groups in total. The SMILES string of the molecule is N#Cc1nc(I)nn1C(c1ccccc1)(c1ccccc1)c1ccccc1. The number of nitrogens with zero attached hydrogens (tertiary/aromatic N) is 4. The molecule has 0 saturated carbocycles. The molecule has 0 saturated heterocycles. The number of hydrogen-bond donors (Lipinski definition) is 0. The van der Waals surface area contributed by atoms with E-state index in [-0.39, 0.29) is 5.82 Å². The van der Waals surface area contributed by atoms with E-state index in [4.69, 9.17) is 0 Å². The largest absolute Gasteiger partial charge is 0.233 e. The monoisotopic (exact) mass is 462 g/mol. The summed E-state index contributed by atoms with van der Waals surface area (Å²) in [4.78, 5) is 4.35. The average Bonchev–Trinajstić information content (AvgIpc) is 3.12. The Morgan fingerprint density at radius 1 is 0.741 bits per heavy atom. The molecule has 4 nitrogen and oxygen atoms in total. The first kappa shape index (κ1) is 17.4. The zero-order valence-electron chi connectivity index (χ0n) is 14.3. The van der Waals surface area contributed by atoms with Gasteiger partial charge in [0, 0.05) is 22.6 Å². The van der Waals surface area contributed by atoms with Crippen LogP contribution >= 0.6 is 22.6 Å². The Bertz CT molecular complexity index is 987. The maximum Gasteiger partial charge on any atom is 0.233 e. The highest BCUT2D eigenvalue weighted by Crippen LogP contribution is 2.40. The van der Waals surface area contributed by atoms with Crippen molar-refractivity contribution < 1.29 is 0 Å². The van der Waals surface area contributed by atoms with Gasteiger partial charge in [0.25, 0.3) is 0 Å². The minimum atomic E-state index is -0.800. The first-order valence-electron chi connectivity index (χ1n) is 8.46. The maximum atomic E-state index is 9.76. The van der Waals surface area contributed by atoms with Crippen molar-refractivity contribution in [2.75, 3.05) is 0 Å². The van der Waals surface area contributed by atoms with Crippen LogP contribution in [0.4, 0.5) is 0 Å². The van der Waals surface area contributed by atoms with E-state index in [1.165, 1.54) is 0 Å². The topological polar surface area (TPSA) is 54.5 Å². The Kier molecular flexibility index (Phi) is 4.73. The highest BCUT2D eigenvalue weighted by Gasteiger charge is 2.41. The van der Waals surface area contributed by atoms with Crippen LogP contribution in [0.3, 0.4) is 0 Å². The van der Waals surface area contributed by atoms with E-state index in [2.05, 4.69) is 75.1 Å². The number of halogens is 1. The molecule has 0 radical (unpaired) electrons. The third kappa shape index (κ3) is 2.92. The van der Waals surface area contributed by atoms with Crippen LogP contribution in [0.1, 0.15) is 22.5 Å². The van der Waals surface area contributed by atoms with Gasteiger partial charge in [-0.1, -0.05) is 91.0 Å². The molecule has 4 aromatic rings. The summed E-state index contributed by atoms with van der Waals surface area (Å²) in [6.07, 6.45) is 0. The Hall–Kier alpha value is -2.98. The second kappa shape index (κ2) is 7.33. The van der Waals surface area contributed by atoms with Gasteiger partial charge in [0.15, 0.2) is 0 Å². The summed E-state index contributed by atoms with van der Waals surface area (Å²) in [7, 11) is 0. The van der Waals surface area contributed by atoms with Gasteiger partial charge in [0.05, 0.1) is 0 Å². The molecule has 5 heteroatoms. The molecule has 0 aliphatic heterocycles. The van der Waals surface area contributed by atoms with Gasteiger partial charge in [0.1, 0.15) is 11.6 Å². The van der Waals surface area contributed by atoms with Crippen LogP contribution in [0.15, 0.2) is 91.0 Å². The van der Waals surface area contributed by atoms with E-state index in [9.17, 15) is 5.26 Å². The second-order valence-electron chi connectivity index (χ2n) is 6.04. The Balaban J connectivity index is 2.19. The molecule has 0 fully saturated rings. The van der Waals surface area contributed by atoms with E-state index >= 15 is 0 Å². The van der Waals surface area contributed by atoms with Gasteiger partial charge in [-0.3, -0.25) is 0 Å². The summed E-state index contributed by atoms with van der Waals surface area (Å²) < 4.78 is 2.28. The van der Waals surface area contributed by atoms with Gasteiger partial charge in [-0.15, -0.1) is 5.10 Å². The Labute approximate surface area is 171 Å². The molecule has 1 aromatic heterocycles. The predicted molar refractivity (Wildman–Crippen MR) is 112 cm³/mol. The summed E-state index contributed by atoms with van der Waals surface area (Å²) in [5.74, 6) is 0.274. The van der Waals surface area contributed by atoms with Crippen LogP contribution in [0, 0.1) is 15.2 Å². The number of nitriles is 1. The number of benzene rings is 3. The molecular weight excluding hydrogens is 447 g/mol.